The molecule has 1 N–H and O–H groups in total. The Kier molecular flexibility index (Phi) is 4.85. The smallest absolute Gasteiger partial charge is 0.357 e. The number of aromatic nitrogens is 2. The standard InChI is InChI=1S/C21H11Cl2N3O3/c22-14-6-8-18(17(23)10-14)26-20(16(11-24)19(25-26)21(27)28)29-15-7-5-12-3-1-2-4-13(12)9-15/h1-10H,(H,27,28). The molecule has 8 heteroatoms. The number of fused-ring (bicyclic) bond motifs is 1. The van der Waals surface area contributed by atoms with Crippen LogP contribution in [0.2, 0.25) is 10.0 Å². The summed E-state index contributed by atoms with van der Waals surface area (Å²) in [5.41, 5.74) is -0.318. The van der Waals surface area contributed by atoms with E-state index in [1.807, 2.05) is 36.4 Å². The van der Waals surface area contributed by atoms with Crippen molar-refractivity contribution in [2.45, 2.75) is 0 Å². The predicted octanol–water partition coefficient (Wildman–Crippen LogP) is 5.69. The van der Waals surface area contributed by atoms with Gasteiger partial charge in [0.2, 0.25) is 5.88 Å². The van der Waals surface area contributed by atoms with Crippen molar-refractivity contribution in [3.05, 3.63) is 82.0 Å². The molecular weight excluding hydrogens is 413 g/mol. The van der Waals surface area contributed by atoms with E-state index in [2.05, 4.69) is 5.10 Å². The molecule has 0 amide bonds. The lowest BCUT2D eigenvalue weighted by atomic mass is 10.1. The summed E-state index contributed by atoms with van der Waals surface area (Å²) in [6.07, 6.45) is 0. The zero-order chi connectivity index (χ0) is 20.5. The lowest BCUT2D eigenvalue weighted by Crippen LogP contribution is -2.03. The molecule has 142 valence electrons. The molecule has 4 aromatic rings. The Hall–Kier alpha value is -3.53. The molecule has 0 saturated heterocycles. The molecule has 0 saturated carbocycles. The second-order valence-corrected chi connectivity index (χ2v) is 6.91. The molecule has 4 rings (SSSR count). The van der Waals surface area contributed by atoms with Gasteiger partial charge in [-0.25, -0.2) is 4.79 Å². The van der Waals surface area contributed by atoms with Gasteiger partial charge in [-0.05, 0) is 41.1 Å². The van der Waals surface area contributed by atoms with Crippen molar-refractivity contribution in [3.63, 3.8) is 0 Å². The van der Waals surface area contributed by atoms with Crippen LogP contribution < -0.4 is 4.74 Å². The van der Waals surface area contributed by atoms with Crippen molar-refractivity contribution in [1.82, 2.24) is 9.78 Å². The van der Waals surface area contributed by atoms with E-state index in [1.165, 1.54) is 10.7 Å². The number of hydrogen-bond donors (Lipinski definition) is 1. The monoisotopic (exact) mass is 423 g/mol. The number of nitrogens with zero attached hydrogens (tertiary/aromatic N) is 3. The minimum absolute atomic E-state index is 0.0515. The van der Waals surface area contributed by atoms with Crippen LogP contribution in [0, 0.1) is 11.3 Å². The number of carbonyl (C=O) groups is 1. The van der Waals surface area contributed by atoms with Crippen molar-refractivity contribution in [1.29, 1.82) is 5.26 Å². The molecule has 0 fully saturated rings. The predicted molar refractivity (Wildman–Crippen MR) is 109 cm³/mol. The van der Waals surface area contributed by atoms with Gasteiger partial charge in [-0.2, -0.15) is 15.0 Å². The minimum Gasteiger partial charge on any atom is -0.476 e. The Labute approximate surface area is 175 Å². The molecule has 29 heavy (non-hydrogen) atoms. The summed E-state index contributed by atoms with van der Waals surface area (Å²) < 4.78 is 7.12. The topological polar surface area (TPSA) is 88.1 Å². The van der Waals surface area contributed by atoms with Crippen LogP contribution in [0.25, 0.3) is 16.5 Å². The molecule has 0 radical (unpaired) electrons. The summed E-state index contributed by atoms with van der Waals surface area (Å²) in [7, 11) is 0. The van der Waals surface area contributed by atoms with Crippen molar-refractivity contribution in [2.24, 2.45) is 0 Å². The van der Waals surface area contributed by atoms with Crippen molar-refractivity contribution >= 4 is 39.9 Å². The number of aromatic carboxylic acids is 1. The van der Waals surface area contributed by atoms with Crippen molar-refractivity contribution < 1.29 is 14.6 Å². The van der Waals surface area contributed by atoms with Gasteiger partial charge < -0.3 is 9.84 Å². The van der Waals surface area contributed by atoms with E-state index in [4.69, 9.17) is 27.9 Å². The number of rotatable bonds is 4. The molecule has 0 aliphatic heterocycles. The SMILES string of the molecule is N#Cc1c(C(=O)O)nn(-c2ccc(Cl)cc2Cl)c1Oc1ccc2ccccc2c1. The van der Waals surface area contributed by atoms with Crippen LogP contribution in [0.3, 0.4) is 0 Å². The van der Waals surface area contributed by atoms with E-state index in [-0.39, 0.29) is 16.5 Å². The van der Waals surface area contributed by atoms with Crippen LogP contribution in [-0.4, -0.2) is 20.9 Å². The largest absolute Gasteiger partial charge is 0.476 e. The Morgan fingerprint density at radius 3 is 2.52 bits per heavy atom. The van der Waals surface area contributed by atoms with Gasteiger partial charge in [0.1, 0.15) is 17.4 Å². The maximum Gasteiger partial charge on any atom is 0.357 e. The normalized spacial score (nSPS) is 10.7. The highest BCUT2D eigenvalue weighted by Crippen LogP contribution is 2.34. The third kappa shape index (κ3) is 3.49. The van der Waals surface area contributed by atoms with Crippen molar-refractivity contribution in [3.8, 4) is 23.4 Å². The molecule has 0 unspecified atom stereocenters. The van der Waals surface area contributed by atoms with E-state index in [1.54, 1.807) is 24.3 Å². The number of ether oxygens (including phenoxy) is 1. The van der Waals surface area contributed by atoms with Gasteiger partial charge in [-0.1, -0.05) is 53.5 Å². The van der Waals surface area contributed by atoms with Gasteiger partial charge in [0.05, 0.1) is 10.7 Å². The fourth-order valence-electron chi connectivity index (χ4n) is 2.91. The molecule has 6 nitrogen and oxygen atoms in total. The van der Waals surface area contributed by atoms with E-state index >= 15 is 0 Å². The summed E-state index contributed by atoms with van der Waals surface area (Å²) >= 11 is 12.2. The maximum absolute atomic E-state index is 11.6. The molecule has 3 aromatic carbocycles. The van der Waals surface area contributed by atoms with E-state index in [0.717, 1.165) is 10.8 Å². The van der Waals surface area contributed by atoms with E-state index in [9.17, 15) is 15.2 Å². The van der Waals surface area contributed by atoms with Gasteiger partial charge in [0.25, 0.3) is 0 Å². The summed E-state index contributed by atoms with van der Waals surface area (Å²) in [6.45, 7) is 0. The number of benzene rings is 3. The van der Waals surface area contributed by atoms with Crippen LogP contribution in [0.5, 0.6) is 11.6 Å². The summed E-state index contributed by atoms with van der Waals surface area (Å²) in [5, 5.41) is 25.7. The Morgan fingerprint density at radius 1 is 1.07 bits per heavy atom. The Morgan fingerprint density at radius 2 is 1.83 bits per heavy atom. The highest BCUT2D eigenvalue weighted by Gasteiger charge is 2.26. The number of carboxylic acids is 1. The van der Waals surface area contributed by atoms with E-state index < -0.39 is 11.7 Å². The van der Waals surface area contributed by atoms with Gasteiger partial charge >= 0.3 is 5.97 Å². The third-order valence-electron chi connectivity index (χ3n) is 4.23. The first-order valence-electron chi connectivity index (χ1n) is 8.36. The zero-order valence-corrected chi connectivity index (χ0v) is 16.1. The maximum atomic E-state index is 11.6. The van der Waals surface area contributed by atoms with Crippen LogP contribution in [0.1, 0.15) is 16.1 Å². The van der Waals surface area contributed by atoms with Crippen LogP contribution in [-0.2, 0) is 0 Å². The quantitative estimate of drug-likeness (QED) is 0.455. The highest BCUT2D eigenvalue weighted by atomic mass is 35.5. The second kappa shape index (κ2) is 7.47. The Balaban J connectivity index is 1.90. The lowest BCUT2D eigenvalue weighted by Gasteiger charge is -2.11. The molecule has 0 bridgehead atoms. The second-order valence-electron chi connectivity index (χ2n) is 6.06. The molecule has 1 heterocycles. The lowest BCUT2D eigenvalue weighted by molar-refractivity contribution is 0.0689. The first-order chi connectivity index (χ1) is 14.0. The van der Waals surface area contributed by atoms with Crippen LogP contribution >= 0.6 is 23.2 Å². The minimum atomic E-state index is -1.35. The molecular formula is C21H11Cl2N3O3. The molecule has 0 aliphatic rings. The average molecular weight is 424 g/mol. The molecule has 0 spiro atoms. The zero-order valence-electron chi connectivity index (χ0n) is 14.6. The van der Waals surface area contributed by atoms with Gasteiger partial charge in [0, 0.05) is 5.02 Å². The summed E-state index contributed by atoms with van der Waals surface area (Å²) in [6, 6.07) is 19.6. The number of carboxylic acid groups (broad SMARTS) is 1. The van der Waals surface area contributed by atoms with Gasteiger partial charge in [-0.3, -0.25) is 0 Å². The summed E-state index contributed by atoms with van der Waals surface area (Å²) in [5.74, 6) is -0.985. The number of hydrogen-bond acceptors (Lipinski definition) is 4. The fraction of sp³-hybridized carbons (Fsp3) is 0. The van der Waals surface area contributed by atoms with Gasteiger partial charge in [-0.15, -0.1) is 0 Å². The third-order valence-corrected chi connectivity index (χ3v) is 4.77. The van der Waals surface area contributed by atoms with Gasteiger partial charge in [0.15, 0.2) is 5.69 Å². The molecule has 0 atom stereocenters. The van der Waals surface area contributed by atoms with Crippen molar-refractivity contribution in [2.75, 3.05) is 0 Å². The molecule has 1 aromatic heterocycles. The first-order valence-corrected chi connectivity index (χ1v) is 9.12. The number of nitriles is 1. The number of halogens is 2. The summed E-state index contributed by atoms with van der Waals surface area (Å²) in [4.78, 5) is 11.6. The fourth-order valence-corrected chi connectivity index (χ4v) is 3.39. The highest BCUT2D eigenvalue weighted by molar-refractivity contribution is 6.35. The molecule has 0 aliphatic carbocycles. The van der Waals surface area contributed by atoms with E-state index in [0.29, 0.717) is 16.5 Å². The average Bonchev–Trinajstić information content (AvgIpc) is 3.06. The van der Waals surface area contributed by atoms with Crippen LogP contribution in [0.4, 0.5) is 0 Å². The van der Waals surface area contributed by atoms with Crippen LogP contribution in [0.15, 0.2) is 60.7 Å². The Bertz CT molecular complexity index is 1310. The first kappa shape index (κ1) is 18.8.